The third kappa shape index (κ3) is 5.17. The third-order valence-electron chi connectivity index (χ3n) is 4.53. The SMILES string of the molecule is COc1ccc(Cl)cc1NC(=O)CCN1CCN(C(=O)c2cnccn2)CC1. The maximum atomic E-state index is 12.4. The topological polar surface area (TPSA) is 87.7 Å². The molecule has 1 N–H and O–H groups in total. The first-order valence-corrected chi connectivity index (χ1v) is 9.35. The molecule has 0 radical (unpaired) electrons. The van der Waals surface area contributed by atoms with Crippen LogP contribution < -0.4 is 10.1 Å². The van der Waals surface area contributed by atoms with Crippen LogP contribution in [0.25, 0.3) is 0 Å². The lowest BCUT2D eigenvalue weighted by Gasteiger charge is -2.34. The van der Waals surface area contributed by atoms with Crippen LogP contribution in [0.3, 0.4) is 0 Å². The summed E-state index contributed by atoms with van der Waals surface area (Å²) >= 11 is 5.98. The van der Waals surface area contributed by atoms with Gasteiger partial charge in [0.05, 0.1) is 19.0 Å². The number of piperazine rings is 1. The fraction of sp³-hybridized carbons (Fsp3) is 0.368. The van der Waals surface area contributed by atoms with Gasteiger partial charge in [-0.3, -0.25) is 19.5 Å². The monoisotopic (exact) mass is 403 g/mol. The standard InChI is InChI=1S/C19H22ClN5O3/c1-28-17-3-2-14(20)12-15(17)23-18(26)4-7-24-8-10-25(11-9-24)19(27)16-13-21-5-6-22-16/h2-3,5-6,12-13H,4,7-11H2,1H3,(H,23,26). The summed E-state index contributed by atoms with van der Waals surface area (Å²) in [4.78, 5) is 36.6. The number of benzene rings is 1. The smallest absolute Gasteiger partial charge is 0.274 e. The Bertz CT molecular complexity index is 826. The number of carbonyl (C=O) groups excluding carboxylic acids is 2. The Kier molecular flexibility index (Phi) is 6.78. The average molecular weight is 404 g/mol. The van der Waals surface area contributed by atoms with Gasteiger partial charge in [-0.25, -0.2) is 4.98 Å². The molecule has 1 aliphatic rings. The number of hydrogen-bond acceptors (Lipinski definition) is 6. The first-order chi connectivity index (χ1) is 13.6. The molecule has 28 heavy (non-hydrogen) atoms. The summed E-state index contributed by atoms with van der Waals surface area (Å²) in [5.74, 6) is 0.339. The maximum absolute atomic E-state index is 12.4. The Balaban J connectivity index is 1.45. The van der Waals surface area contributed by atoms with Crippen LogP contribution in [-0.4, -0.2) is 71.4 Å². The number of hydrogen-bond donors (Lipinski definition) is 1. The summed E-state index contributed by atoms with van der Waals surface area (Å²) in [6, 6.07) is 5.08. The first kappa shape index (κ1) is 20.0. The first-order valence-electron chi connectivity index (χ1n) is 8.98. The molecule has 1 aliphatic heterocycles. The summed E-state index contributed by atoms with van der Waals surface area (Å²) < 4.78 is 5.24. The second kappa shape index (κ2) is 9.48. The van der Waals surface area contributed by atoms with E-state index in [1.54, 1.807) is 36.4 Å². The van der Waals surface area contributed by atoms with Gasteiger partial charge in [0.25, 0.3) is 5.91 Å². The van der Waals surface area contributed by atoms with E-state index in [1.165, 1.54) is 12.4 Å². The van der Waals surface area contributed by atoms with Crippen LogP contribution in [0.15, 0.2) is 36.8 Å². The van der Waals surface area contributed by atoms with Crippen molar-refractivity contribution in [2.75, 3.05) is 45.2 Å². The van der Waals surface area contributed by atoms with E-state index in [0.717, 1.165) is 0 Å². The average Bonchev–Trinajstić information content (AvgIpc) is 2.73. The molecular weight excluding hydrogens is 382 g/mol. The lowest BCUT2D eigenvalue weighted by Crippen LogP contribution is -2.49. The molecule has 1 fully saturated rings. The summed E-state index contributed by atoms with van der Waals surface area (Å²) in [6.07, 6.45) is 4.87. The number of carbonyl (C=O) groups is 2. The summed E-state index contributed by atoms with van der Waals surface area (Å²) in [5.41, 5.74) is 0.908. The Labute approximate surface area is 168 Å². The van der Waals surface area contributed by atoms with Crippen molar-refractivity contribution < 1.29 is 14.3 Å². The van der Waals surface area contributed by atoms with Gasteiger partial charge in [0.2, 0.25) is 5.91 Å². The molecule has 0 saturated carbocycles. The fourth-order valence-electron chi connectivity index (χ4n) is 3.00. The number of rotatable bonds is 6. The van der Waals surface area contributed by atoms with Crippen molar-refractivity contribution >= 4 is 29.1 Å². The number of nitrogens with zero attached hydrogens (tertiary/aromatic N) is 4. The molecule has 148 valence electrons. The fourth-order valence-corrected chi connectivity index (χ4v) is 3.17. The van der Waals surface area contributed by atoms with Gasteiger partial charge in [-0.15, -0.1) is 0 Å². The molecule has 2 amide bonds. The van der Waals surface area contributed by atoms with E-state index in [0.29, 0.717) is 61.3 Å². The predicted molar refractivity (Wildman–Crippen MR) is 106 cm³/mol. The minimum atomic E-state index is -0.112. The van der Waals surface area contributed by atoms with E-state index in [2.05, 4.69) is 20.2 Å². The van der Waals surface area contributed by atoms with Crippen molar-refractivity contribution in [2.45, 2.75) is 6.42 Å². The van der Waals surface area contributed by atoms with E-state index >= 15 is 0 Å². The summed E-state index contributed by atoms with van der Waals surface area (Å²) in [6.45, 7) is 3.22. The van der Waals surface area contributed by atoms with Crippen LogP contribution in [0.5, 0.6) is 5.75 Å². The quantitative estimate of drug-likeness (QED) is 0.792. The molecule has 1 aromatic carbocycles. The van der Waals surface area contributed by atoms with E-state index in [9.17, 15) is 9.59 Å². The van der Waals surface area contributed by atoms with Crippen molar-refractivity contribution in [3.8, 4) is 5.75 Å². The normalized spacial score (nSPS) is 14.6. The van der Waals surface area contributed by atoms with Gasteiger partial charge in [-0.1, -0.05) is 11.6 Å². The number of nitrogens with one attached hydrogen (secondary N) is 1. The highest BCUT2D eigenvalue weighted by Gasteiger charge is 2.23. The molecule has 2 heterocycles. The second-order valence-corrected chi connectivity index (χ2v) is 6.80. The van der Waals surface area contributed by atoms with E-state index in [-0.39, 0.29) is 11.8 Å². The number of ether oxygens (including phenoxy) is 1. The van der Waals surface area contributed by atoms with E-state index in [1.807, 2.05) is 0 Å². The zero-order chi connectivity index (χ0) is 19.9. The number of aromatic nitrogens is 2. The molecule has 0 spiro atoms. The van der Waals surface area contributed by atoms with Crippen LogP contribution in [0.2, 0.25) is 5.02 Å². The van der Waals surface area contributed by atoms with Crippen molar-refractivity contribution in [3.63, 3.8) is 0 Å². The van der Waals surface area contributed by atoms with Crippen molar-refractivity contribution in [2.24, 2.45) is 0 Å². The molecule has 8 nitrogen and oxygen atoms in total. The van der Waals surface area contributed by atoms with Gasteiger partial charge in [0.1, 0.15) is 11.4 Å². The lowest BCUT2D eigenvalue weighted by atomic mass is 10.2. The lowest BCUT2D eigenvalue weighted by molar-refractivity contribution is -0.116. The molecule has 0 unspecified atom stereocenters. The molecule has 2 aromatic rings. The van der Waals surface area contributed by atoms with Crippen molar-refractivity contribution in [1.82, 2.24) is 19.8 Å². The Morgan fingerprint density at radius 2 is 2.00 bits per heavy atom. The zero-order valence-electron chi connectivity index (χ0n) is 15.6. The van der Waals surface area contributed by atoms with Gasteiger partial charge < -0.3 is 15.0 Å². The van der Waals surface area contributed by atoms with Crippen LogP contribution in [-0.2, 0) is 4.79 Å². The van der Waals surface area contributed by atoms with Crippen LogP contribution in [0.4, 0.5) is 5.69 Å². The number of methoxy groups -OCH3 is 1. The second-order valence-electron chi connectivity index (χ2n) is 6.37. The highest BCUT2D eigenvalue weighted by atomic mass is 35.5. The third-order valence-corrected chi connectivity index (χ3v) is 4.77. The highest BCUT2D eigenvalue weighted by molar-refractivity contribution is 6.31. The molecule has 9 heteroatoms. The van der Waals surface area contributed by atoms with Gasteiger partial charge in [0, 0.05) is 56.6 Å². The Morgan fingerprint density at radius 1 is 1.21 bits per heavy atom. The molecule has 1 saturated heterocycles. The zero-order valence-corrected chi connectivity index (χ0v) is 16.4. The highest BCUT2D eigenvalue weighted by Crippen LogP contribution is 2.27. The van der Waals surface area contributed by atoms with Crippen LogP contribution in [0, 0.1) is 0 Å². The predicted octanol–water partition coefficient (Wildman–Crippen LogP) is 1.93. The molecule has 0 aliphatic carbocycles. The van der Waals surface area contributed by atoms with Crippen molar-refractivity contribution in [3.05, 3.63) is 47.5 Å². The number of amides is 2. The van der Waals surface area contributed by atoms with Crippen LogP contribution >= 0.6 is 11.6 Å². The Morgan fingerprint density at radius 3 is 2.68 bits per heavy atom. The minimum Gasteiger partial charge on any atom is -0.495 e. The molecular formula is C19H22ClN5O3. The van der Waals surface area contributed by atoms with E-state index in [4.69, 9.17) is 16.3 Å². The molecule has 3 rings (SSSR count). The van der Waals surface area contributed by atoms with Gasteiger partial charge in [0.15, 0.2) is 0 Å². The summed E-state index contributed by atoms with van der Waals surface area (Å²) in [7, 11) is 1.54. The van der Waals surface area contributed by atoms with Gasteiger partial charge in [-0.2, -0.15) is 0 Å². The van der Waals surface area contributed by atoms with Gasteiger partial charge in [-0.05, 0) is 18.2 Å². The van der Waals surface area contributed by atoms with Crippen LogP contribution in [0.1, 0.15) is 16.9 Å². The molecule has 0 atom stereocenters. The van der Waals surface area contributed by atoms with E-state index < -0.39 is 0 Å². The summed E-state index contributed by atoms with van der Waals surface area (Å²) in [5, 5.41) is 3.36. The molecule has 0 bridgehead atoms. The maximum Gasteiger partial charge on any atom is 0.274 e. The largest absolute Gasteiger partial charge is 0.495 e. The number of anilines is 1. The molecule has 1 aromatic heterocycles. The van der Waals surface area contributed by atoms with Crippen molar-refractivity contribution in [1.29, 1.82) is 0 Å². The Hall–Kier alpha value is -2.71. The van der Waals surface area contributed by atoms with Gasteiger partial charge >= 0.3 is 0 Å². The minimum absolute atomic E-state index is 0.112. The number of halogens is 1.